The number of benzene rings is 2. The van der Waals surface area contributed by atoms with Crippen LogP contribution in [0.15, 0.2) is 54.6 Å². The zero-order valence-electron chi connectivity index (χ0n) is 17.1. The summed E-state index contributed by atoms with van der Waals surface area (Å²) in [6.45, 7) is 7.11. The molecule has 0 spiro atoms. The Balaban J connectivity index is 1.68. The molecular formula is C24H31NO3. The molecule has 150 valence electrons. The molecule has 1 fully saturated rings. The minimum Gasteiger partial charge on any atom is -0.508 e. The fourth-order valence-corrected chi connectivity index (χ4v) is 4.37. The Kier molecular flexibility index (Phi) is 6.40. The van der Waals surface area contributed by atoms with Gasteiger partial charge in [0.1, 0.15) is 5.75 Å². The molecule has 1 aliphatic heterocycles. The monoisotopic (exact) mass is 381 g/mol. The molecule has 1 aliphatic rings. The van der Waals surface area contributed by atoms with Crippen LogP contribution in [0, 0.1) is 11.8 Å². The van der Waals surface area contributed by atoms with Crippen LogP contribution in [0.1, 0.15) is 31.4 Å². The number of esters is 1. The number of carbonyl (C=O) groups excluding carboxylic acids is 1. The number of hydrogen-bond donors (Lipinski definition) is 1. The van der Waals surface area contributed by atoms with Crippen molar-refractivity contribution in [2.45, 2.75) is 32.1 Å². The highest BCUT2D eigenvalue weighted by Gasteiger charge is 2.39. The van der Waals surface area contributed by atoms with Crippen LogP contribution in [0.5, 0.6) is 5.75 Å². The zero-order valence-corrected chi connectivity index (χ0v) is 17.1. The van der Waals surface area contributed by atoms with E-state index in [1.54, 1.807) is 6.07 Å². The molecule has 4 heteroatoms. The molecule has 3 atom stereocenters. The van der Waals surface area contributed by atoms with Crippen LogP contribution in [0.25, 0.3) is 0 Å². The lowest BCUT2D eigenvalue weighted by Crippen LogP contribution is -2.49. The van der Waals surface area contributed by atoms with E-state index in [1.165, 1.54) is 12.7 Å². The van der Waals surface area contributed by atoms with Crippen LogP contribution < -0.4 is 0 Å². The summed E-state index contributed by atoms with van der Waals surface area (Å²) >= 11 is 0. The van der Waals surface area contributed by atoms with Gasteiger partial charge in [-0.3, -0.25) is 4.79 Å². The molecule has 1 heterocycles. The number of nitrogens with zero attached hydrogens (tertiary/aromatic N) is 1. The van der Waals surface area contributed by atoms with Crippen molar-refractivity contribution in [2.75, 3.05) is 26.7 Å². The van der Waals surface area contributed by atoms with Gasteiger partial charge in [-0.25, -0.2) is 0 Å². The number of carbonyl (C=O) groups is 1. The summed E-state index contributed by atoms with van der Waals surface area (Å²) in [6.07, 6.45) is 1.69. The number of methoxy groups -OCH3 is 1. The molecule has 0 amide bonds. The Hall–Kier alpha value is -2.33. The Bertz CT molecular complexity index is 791. The first kappa shape index (κ1) is 20.4. The molecule has 28 heavy (non-hydrogen) atoms. The van der Waals surface area contributed by atoms with E-state index in [0.29, 0.717) is 24.6 Å². The van der Waals surface area contributed by atoms with Gasteiger partial charge in [-0.2, -0.15) is 0 Å². The summed E-state index contributed by atoms with van der Waals surface area (Å²) in [5.41, 5.74) is 2.37. The van der Waals surface area contributed by atoms with Crippen molar-refractivity contribution < 1.29 is 14.6 Å². The first-order valence-electron chi connectivity index (χ1n) is 10.1. The number of ether oxygens (including phenoxy) is 1. The maximum absolute atomic E-state index is 12.4. The smallest absolute Gasteiger partial charge is 0.310 e. The average molecular weight is 382 g/mol. The van der Waals surface area contributed by atoms with Gasteiger partial charge in [-0.15, -0.1) is 0 Å². The third-order valence-corrected chi connectivity index (χ3v) is 6.41. The van der Waals surface area contributed by atoms with Crippen LogP contribution in [0.3, 0.4) is 0 Å². The Morgan fingerprint density at radius 2 is 2.00 bits per heavy atom. The topological polar surface area (TPSA) is 49.8 Å². The summed E-state index contributed by atoms with van der Waals surface area (Å²) in [7, 11) is 1.47. The third kappa shape index (κ3) is 4.56. The van der Waals surface area contributed by atoms with Gasteiger partial charge in [0.05, 0.1) is 13.0 Å². The Labute approximate surface area is 168 Å². The van der Waals surface area contributed by atoms with Gasteiger partial charge in [-0.1, -0.05) is 56.3 Å². The first-order chi connectivity index (χ1) is 13.4. The molecule has 0 saturated carbocycles. The highest BCUT2D eigenvalue weighted by Crippen LogP contribution is 2.40. The van der Waals surface area contributed by atoms with Crippen molar-refractivity contribution in [3.8, 4) is 5.75 Å². The second-order valence-corrected chi connectivity index (χ2v) is 8.29. The molecule has 0 aromatic heterocycles. The lowest BCUT2D eigenvalue weighted by Gasteiger charge is -2.45. The molecule has 2 aromatic rings. The molecular weight excluding hydrogens is 350 g/mol. The van der Waals surface area contributed by atoms with Crippen molar-refractivity contribution in [3.05, 3.63) is 65.7 Å². The summed E-state index contributed by atoms with van der Waals surface area (Å²) in [4.78, 5) is 14.8. The normalized spacial score (nSPS) is 23.9. The fourth-order valence-electron chi connectivity index (χ4n) is 4.37. The average Bonchev–Trinajstić information content (AvgIpc) is 2.70. The zero-order chi connectivity index (χ0) is 20.1. The van der Waals surface area contributed by atoms with Crippen molar-refractivity contribution in [3.63, 3.8) is 0 Å². The second-order valence-electron chi connectivity index (χ2n) is 8.29. The molecule has 4 nitrogen and oxygen atoms in total. The van der Waals surface area contributed by atoms with Crippen LogP contribution in [0.4, 0.5) is 0 Å². The summed E-state index contributed by atoms with van der Waals surface area (Å²) in [5, 5.41) is 9.88. The number of likely N-dealkylation sites (tertiary alicyclic amines) is 1. The van der Waals surface area contributed by atoms with Gasteiger partial charge in [0.25, 0.3) is 0 Å². The van der Waals surface area contributed by atoms with Gasteiger partial charge in [0.15, 0.2) is 0 Å². The van der Waals surface area contributed by atoms with Gasteiger partial charge in [0, 0.05) is 13.1 Å². The minimum absolute atomic E-state index is 0.0232. The standard InChI is InChI=1S/C24H31NO3/c1-18-16-25(13-12-24(18,2)21-10-7-11-22(26)15-21)17-20(23(27)28-3)14-19-8-5-4-6-9-19/h4-11,15,18,20,26H,12-14,16-17H2,1-3H3/t18-,20+,24+/m0/s1. The van der Waals surface area contributed by atoms with Crippen molar-refractivity contribution >= 4 is 5.97 Å². The van der Waals surface area contributed by atoms with E-state index in [1.807, 2.05) is 30.3 Å². The largest absolute Gasteiger partial charge is 0.508 e. The lowest BCUT2D eigenvalue weighted by molar-refractivity contribution is -0.146. The van der Waals surface area contributed by atoms with Crippen LogP contribution >= 0.6 is 0 Å². The SMILES string of the molecule is COC(=O)[C@H](Cc1ccccc1)CN1CC[C@@](C)(c2cccc(O)c2)[C@@H](C)C1. The summed E-state index contributed by atoms with van der Waals surface area (Å²) < 4.78 is 5.08. The number of piperidine rings is 1. The molecule has 2 aromatic carbocycles. The molecule has 0 unspecified atom stereocenters. The van der Waals surface area contributed by atoms with Crippen LogP contribution in [0.2, 0.25) is 0 Å². The quantitative estimate of drug-likeness (QED) is 0.768. The minimum atomic E-state index is -0.162. The number of rotatable bonds is 6. The Morgan fingerprint density at radius 1 is 1.25 bits per heavy atom. The molecule has 1 N–H and O–H groups in total. The summed E-state index contributed by atoms with van der Waals surface area (Å²) in [6, 6.07) is 17.8. The van der Waals surface area contributed by atoms with E-state index in [4.69, 9.17) is 4.74 Å². The van der Waals surface area contributed by atoms with Gasteiger partial charge >= 0.3 is 5.97 Å². The van der Waals surface area contributed by atoms with Gasteiger partial charge < -0.3 is 14.7 Å². The van der Waals surface area contributed by atoms with E-state index >= 15 is 0 Å². The molecule has 0 bridgehead atoms. The number of hydrogen-bond acceptors (Lipinski definition) is 4. The van der Waals surface area contributed by atoms with E-state index in [0.717, 1.165) is 25.1 Å². The van der Waals surface area contributed by atoms with Crippen molar-refractivity contribution in [2.24, 2.45) is 11.8 Å². The first-order valence-corrected chi connectivity index (χ1v) is 10.1. The maximum Gasteiger partial charge on any atom is 0.310 e. The van der Waals surface area contributed by atoms with E-state index in [9.17, 15) is 9.90 Å². The third-order valence-electron chi connectivity index (χ3n) is 6.41. The van der Waals surface area contributed by atoms with Crippen LogP contribution in [-0.4, -0.2) is 42.7 Å². The molecule has 0 radical (unpaired) electrons. The van der Waals surface area contributed by atoms with E-state index in [2.05, 4.69) is 36.9 Å². The molecule has 1 saturated heterocycles. The van der Waals surface area contributed by atoms with Crippen molar-refractivity contribution in [1.29, 1.82) is 0 Å². The van der Waals surface area contributed by atoms with E-state index < -0.39 is 0 Å². The highest BCUT2D eigenvalue weighted by molar-refractivity contribution is 5.73. The van der Waals surface area contributed by atoms with E-state index in [-0.39, 0.29) is 17.3 Å². The number of aromatic hydroxyl groups is 1. The molecule has 3 rings (SSSR count). The lowest BCUT2D eigenvalue weighted by atomic mass is 9.68. The van der Waals surface area contributed by atoms with Gasteiger partial charge in [-0.05, 0) is 54.0 Å². The number of phenolic OH excluding ortho intramolecular Hbond substituents is 1. The molecule has 0 aliphatic carbocycles. The van der Waals surface area contributed by atoms with Crippen LogP contribution in [-0.2, 0) is 21.4 Å². The second kappa shape index (κ2) is 8.78. The Morgan fingerprint density at radius 3 is 2.64 bits per heavy atom. The fraction of sp³-hybridized carbons (Fsp3) is 0.458. The highest BCUT2D eigenvalue weighted by atomic mass is 16.5. The predicted octanol–water partition coefficient (Wildman–Crippen LogP) is 4.02. The number of phenols is 1. The predicted molar refractivity (Wildman–Crippen MR) is 111 cm³/mol. The maximum atomic E-state index is 12.4. The van der Waals surface area contributed by atoms with Gasteiger partial charge in [0.2, 0.25) is 0 Å². The summed E-state index contributed by atoms with van der Waals surface area (Å²) in [5.74, 6) is 0.433. The van der Waals surface area contributed by atoms with Crippen molar-refractivity contribution in [1.82, 2.24) is 4.90 Å².